The lowest BCUT2D eigenvalue weighted by atomic mass is 9.77. The van der Waals surface area contributed by atoms with E-state index < -0.39 is 0 Å². The molecule has 0 heterocycles. The summed E-state index contributed by atoms with van der Waals surface area (Å²) in [4.78, 5) is 0. The Balaban J connectivity index is 3.06. The average Bonchev–Trinajstić information content (AvgIpc) is 2.17. The average molecular weight is 205 g/mol. The maximum atomic E-state index is 6.33. The third kappa shape index (κ3) is 2.60. The molecular formula is C14H23N. The van der Waals surface area contributed by atoms with Crippen molar-refractivity contribution >= 4 is 0 Å². The number of benzene rings is 1. The SMILES string of the molecule is CCC(C)(C)C(N)c1ccc(C)cc1C. The number of nitrogens with two attached hydrogens (primary N) is 1. The first kappa shape index (κ1) is 12.3. The van der Waals surface area contributed by atoms with E-state index in [9.17, 15) is 0 Å². The minimum absolute atomic E-state index is 0.128. The standard InChI is InChI=1S/C14H23N/c1-6-14(4,5)13(15)12-8-7-10(2)9-11(12)3/h7-9,13H,6,15H2,1-5H3. The van der Waals surface area contributed by atoms with Crippen molar-refractivity contribution < 1.29 is 0 Å². The lowest BCUT2D eigenvalue weighted by molar-refractivity contribution is 0.277. The van der Waals surface area contributed by atoms with Gasteiger partial charge in [0.25, 0.3) is 0 Å². The van der Waals surface area contributed by atoms with Gasteiger partial charge in [0.15, 0.2) is 0 Å². The van der Waals surface area contributed by atoms with E-state index in [-0.39, 0.29) is 11.5 Å². The molecule has 0 fully saturated rings. The summed E-state index contributed by atoms with van der Waals surface area (Å²) in [5, 5.41) is 0. The third-order valence-electron chi connectivity index (χ3n) is 3.51. The molecule has 2 N–H and O–H groups in total. The van der Waals surface area contributed by atoms with Crippen LogP contribution in [-0.4, -0.2) is 0 Å². The van der Waals surface area contributed by atoms with Gasteiger partial charge in [0.2, 0.25) is 0 Å². The van der Waals surface area contributed by atoms with E-state index in [0.29, 0.717) is 0 Å². The van der Waals surface area contributed by atoms with Gasteiger partial charge >= 0.3 is 0 Å². The maximum Gasteiger partial charge on any atom is 0.0349 e. The summed E-state index contributed by atoms with van der Waals surface area (Å²) in [5.41, 5.74) is 10.4. The summed E-state index contributed by atoms with van der Waals surface area (Å²) in [6, 6.07) is 6.66. The third-order valence-corrected chi connectivity index (χ3v) is 3.51. The molecule has 0 spiro atoms. The van der Waals surface area contributed by atoms with E-state index in [0.717, 1.165) is 6.42 Å². The van der Waals surface area contributed by atoms with Gasteiger partial charge in [-0.15, -0.1) is 0 Å². The van der Waals surface area contributed by atoms with Crippen LogP contribution in [0, 0.1) is 19.3 Å². The Morgan fingerprint density at radius 1 is 1.27 bits per heavy atom. The molecule has 0 aliphatic heterocycles. The lowest BCUT2D eigenvalue weighted by Crippen LogP contribution is -2.29. The molecule has 1 rings (SSSR count). The van der Waals surface area contributed by atoms with Gasteiger partial charge in [0.05, 0.1) is 0 Å². The Bertz CT molecular complexity index is 339. The Hall–Kier alpha value is -0.820. The summed E-state index contributed by atoms with van der Waals surface area (Å²) in [6.07, 6.45) is 1.10. The van der Waals surface area contributed by atoms with Crippen LogP contribution in [0.5, 0.6) is 0 Å². The lowest BCUT2D eigenvalue weighted by Gasteiger charge is -2.31. The maximum absolute atomic E-state index is 6.33. The Kier molecular flexibility index (Phi) is 3.56. The quantitative estimate of drug-likeness (QED) is 0.799. The van der Waals surface area contributed by atoms with E-state index in [2.05, 4.69) is 52.8 Å². The monoisotopic (exact) mass is 205 g/mol. The molecule has 0 radical (unpaired) electrons. The number of hydrogen-bond donors (Lipinski definition) is 1. The fraction of sp³-hybridized carbons (Fsp3) is 0.571. The molecule has 0 amide bonds. The van der Waals surface area contributed by atoms with Crippen LogP contribution in [-0.2, 0) is 0 Å². The van der Waals surface area contributed by atoms with Crippen molar-refractivity contribution in [2.75, 3.05) is 0 Å². The van der Waals surface area contributed by atoms with Crippen LogP contribution in [0.2, 0.25) is 0 Å². The van der Waals surface area contributed by atoms with E-state index in [1.54, 1.807) is 0 Å². The Morgan fingerprint density at radius 2 is 1.87 bits per heavy atom. The van der Waals surface area contributed by atoms with Crippen molar-refractivity contribution in [2.24, 2.45) is 11.1 Å². The molecule has 1 aromatic rings. The van der Waals surface area contributed by atoms with Crippen LogP contribution in [0.15, 0.2) is 18.2 Å². The van der Waals surface area contributed by atoms with Crippen molar-refractivity contribution in [3.63, 3.8) is 0 Å². The van der Waals surface area contributed by atoms with Gasteiger partial charge in [-0.2, -0.15) is 0 Å². The minimum Gasteiger partial charge on any atom is -0.323 e. The zero-order chi connectivity index (χ0) is 11.6. The van der Waals surface area contributed by atoms with Gasteiger partial charge in [-0.05, 0) is 36.8 Å². The number of rotatable bonds is 3. The van der Waals surface area contributed by atoms with Crippen molar-refractivity contribution in [3.05, 3.63) is 34.9 Å². The molecule has 0 saturated carbocycles. The molecule has 0 saturated heterocycles. The molecule has 1 heteroatoms. The predicted octanol–water partition coefficient (Wildman–Crippen LogP) is 3.74. The van der Waals surface area contributed by atoms with Gasteiger partial charge in [-0.1, -0.05) is 44.5 Å². The zero-order valence-corrected chi connectivity index (χ0v) is 10.6. The van der Waals surface area contributed by atoms with E-state index >= 15 is 0 Å². The molecule has 15 heavy (non-hydrogen) atoms. The highest BCUT2D eigenvalue weighted by molar-refractivity contribution is 5.33. The smallest absolute Gasteiger partial charge is 0.0349 e. The Morgan fingerprint density at radius 3 is 2.33 bits per heavy atom. The van der Waals surface area contributed by atoms with Crippen LogP contribution < -0.4 is 5.73 Å². The van der Waals surface area contributed by atoms with Crippen LogP contribution in [0.25, 0.3) is 0 Å². The normalized spacial score (nSPS) is 14.0. The van der Waals surface area contributed by atoms with Gasteiger partial charge in [-0.25, -0.2) is 0 Å². The van der Waals surface area contributed by atoms with Gasteiger partial charge in [0.1, 0.15) is 0 Å². The van der Waals surface area contributed by atoms with Gasteiger partial charge in [0, 0.05) is 6.04 Å². The fourth-order valence-corrected chi connectivity index (χ4v) is 1.82. The molecule has 0 aliphatic carbocycles. The first-order valence-electron chi connectivity index (χ1n) is 5.71. The van der Waals surface area contributed by atoms with E-state index in [4.69, 9.17) is 5.73 Å². The van der Waals surface area contributed by atoms with Gasteiger partial charge in [-0.3, -0.25) is 0 Å². The van der Waals surface area contributed by atoms with Crippen molar-refractivity contribution in [3.8, 4) is 0 Å². The van der Waals surface area contributed by atoms with Crippen molar-refractivity contribution in [1.29, 1.82) is 0 Å². The summed E-state index contributed by atoms with van der Waals surface area (Å²) in [5.74, 6) is 0. The topological polar surface area (TPSA) is 26.0 Å². The van der Waals surface area contributed by atoms with E-state index in [1.165, 1.54) is 16.7 Å². The van der Waals surface area contributed by atoms with Crippen LogP contribution >= 0.6 is 0 Å². The van der Waals surface area contributed by atoms with Crippen molar-refractivity contribution in [2.45, 2.75) is 47.1 Å². The molecule has 1 aromatic carbocycles. The van der Waals surface area contributed by atoms with Crippen LogP contribution in [0.1, 0.15) is 49.9 Å². The second kappa shape index (κ2) is 4.36. The first-order valence-corrected chi connectivity index (χ1v) is 5.71. The molecule has 1 atom stereocenters. The van der Waals surface area contributed by atoms with E-state index in [1.807, 2.05) is 0 Å². The Labute approximate surface area is 93.7 Å². The van der Waals surface area contributed by atoms with Gasteiger partial charge < -0.3 is 5.73 Å². The molecule has 84 valence electrons. The summed E-state index contributed by atoms with van der Waals surface area (Å²) in [6.45, 7) is 10.9. The first-order chi connectivity index (χ1) is 6.88. The molecule has 0 bridgehead atoms. The number of hydrogen-bond acceptors (Lipinski definition) is 1. The summed E-state index contributed by atoms with van der Waals surface area (Å²) < 4.78 is 0. The highest BCUT2D eigenvalue weighted by atomic mass is 14.7. The minimum atomic E-state index is 0.128. The molecule has 0 aromatic heterocycles. The largest absolute Gasteiger partial charge is 0.323 e. The summed E-state index contributed by atoms with van der Waals surface area (Å²) in [7, 11) is 0. The second-order valence-corrected chi connectivity index (χ2v) is 5.18. The van der Waals surface area contributed by atoms with Crippen LogP contribution in [0.4, 0.5) is 0 Å². The second-order valence-electron chi connectivity index (χ2n) is 5.18. The van der Waals surface area contributed by atoms with Crippen molar-refractivity contribution in [1.82, 2.24) is 0 Å². The summed E-state index contributed by atoms with van der Waals surface area (Å²) >= 11 is 0. The molecule has 1 nitrogen and oxygen atoms in total. The zero-order valence-electron chi connectivity index (χ0n) is 10.6. The number of aryl methyl sites for hydroxylation is 2. The molecule has 1 unspecified atom stereocenters. The molecule has 0 aliphatic rings. The highest BCUT2D eigenvalue weighted by Crippen LogP contribution is 2.35. The molecular weight excluding hydrogens is 182 g/mol. The predicted molar refractivity (Wildman–Crippen MR) is 66.9 cm³/mol. The fourth-order valence-electron chi connectivity index (χ4n) is 1.82. The highest BCUT2D eigenvalue weighted by Gasteiger charge is 2.26. The van der Waals surface area contributed by atoms with Crippen LogP contribution in [0.3, 0.4) is 0 Å².